The number of sulfonamides is 1. The van der Waals surface area contributed by atoms with Crippen molar-refractivity contribution in [3.05, 3.63) is 24.0 Å². The minimum Gasteiger partial charge on any atom is -0.399 e. The van der Waals surface area contributed by atoms with Crippen LogP contribution in [0.2, 0.25) is 0 Å². The molecule has 2 fully saturated rings. The minimum absolute atomic E-state index is 0.0266. The summed E-state index contributed by atoms with van der Waals surface area (Å²) in [5.41, 5.74) is 5.71. The van der Waals surface area contributed by atoms with Crippen LogP contribution in [0.25, 0.3) is 0 Å². The summed E-state index contributed by atoms with van der Waals surface area (Å²) in [6.45, 7) is 0.536. The molecule has 0 amide bonds. The Morgan fingerprint density at radius 3 is 2.65 bits per heavy atom. The molecule has 1 aliphatic heterocycles. The predicted molar refractivity (Wildman–Crippen MR) is 75.1 cm³/mol. The number of hydrogen-bond donors (Lipinski definition) is 1. The molecule has 2 N–H and O–H groups in total. The highest BCUT2D eigenvalue weighted by atomic mass is 32.2. The van der Waals surface area contributed by atoms with Gasteiger partial charge in [-0.1, -0.05) is 12.8 Å². The summed E-state index contributed by atoms with van der Waals surface area (Å²) < 4.78 is 40.4. The lowest BCUT2D eigenvalue weighted by atomic mass is 9.86. The molecule has 0 bridgehead atoms. The van der Waals surface area contributed by atoms with Crippen LogP contribution in [0.1, 0.15) is 32.1 Å². The Hall–Kier alpha value is -1.14. The SMILES string of the molecule is Nc1cc(F)cc(S(=O)(=O)N2CCC3CCCCC32)c1. The number of rotatable bonds is 2. The van der Waals surface area contributed by atoms with E-state index >= 15 is 0 Å². The first kappa shape index (κ1) is 13.8. The van der Waals surface area contributed by atoms with Crippen molar-refractivity contribution in [1.82, 2.24) is 4.31 Å². The number of halogens is 1. The largest absolute Gasteiger partial charge is 0.399 e. The van der Waals surface area contributed by atoms with Gasteiger partial charge in [-0.05, 0) is 43.4 Å². The Balaban J connectivity index is 1.95. The lowest BCUT2D eigenvalue weighted by Gasteiger charge is -2.31. The molecular weight excluding hydrogens is 279 g/mol. The zero-order valence-corrected chi connectivity index (χ0v) is 12.1. The lowest BCUT2D eigenvalue weighted by Crippen LogP contribution is -2.39. The second-order valence-electron chi connectivity index (χ2n) is 5.74. The summed E-state index contributed by atoms with van der Waals surface area (Å²) in [6.07, 6.45) is 5.17. The van der Waals surface area contributed by atoms with Crippen molar-refractivity contribution < 1.29 is 12.8 Å². The maximum Gasteiger partial charge on any atom is 0.243 e. The number of anilines is 1. The summed E-state index contributed by atoms with van der Waals surface area (Å²) in [5, 5.41) is 0. The molecule has 0 aromatic heterocycles. The van der Waals surface area contributed by atoms with E-state index in [0.717, 1.165) is 37.8 Å². The Bertz CT molecular complexity index is 597. The third kappa shape index (κ3) is 2.31. The molecule has 1 heterocycles. The molecule has 0 radical (unpaired) electrons. The first-order valence-electron chi connectivity index (χ1n) is 7.06. The molecular formula is C14H19FN2O2S. The molecule has 1 saturated carbocycles. The highest BCUT2D eigenvalue weighted by Crippen LogP contribution is 2.39. The Morgan fingerprint density at radius 2 is 1.90 bits per heavy atom. The van der Waals surface area contributed by atoms with E-state index in [4.69, 9.17) is 5.73 Å². The van der Waals surface area contributed by atoms with Gasteiger partial charge in [-0.3, -0.25) is 0 Å². The molecule has 110 valence electrons. The van der Waals surface area contributed by atoms with Crippen LogP contribution < -0.4 is 5.73 Å². The van der Waals surface area contributed by atoms with Crippen molar-refractivity contribution in [2.45, 2.75) is 43.0 Å². The maximum absolute atomic E-state index is 13.4. The smallest absolute Gasteiger partial charge is 0.243 e. The van der Waals surface area contributed by atoms with Gasteiger partial charge in [-0.15, -0.1) is 0 Å². The van der Waals surface area contributed by atoms with Crippen LogP contribution >= 0.6 is 0 Å². The van der Waals surface area contributed by atoms with E-state index in [-0.39, 0.29) is 16.6 Å². The zero-order valence-electron chi connectivity index (χ0n) is 11.3. The average Bonchev–Trinajstić information content (AvgIpc) is 2.82. The molecule has 3 rings (SSSR count). The summed E-state index contributed by atoms with van der Waals surface area (Å²) >= 11 is 0. The summed E-state index contributed by atoms with van der Waals surface area (Å²) in [6, 6.07) is 3.61. The van der Waals surface area contributed by atoms with Crippen molar-refractivity contribution in [3.63, 3.8) is 0 Å². The van der Waals surface area contributed by atoms with Gasteiger partial charge in [0.1, 0.15) is 5.82 Å². The Morgan fingerprint density at radius 1 is 1.15 bits per heavy atom. The average molecular weight is 298 g/mol. The molecule has 1 aliphatic carbocycles. The fourth-order valence-electron chi connectivity index (χ4n) is 3.53. The van der Waals surface area contributed by atoms with Crippen molar-refractivity contribution in [2.75, 3.05) is 12.3 Å². The van der Waals surface area contributed by atoms with E-state index in [9.17, 15) is 12.8 Å². The van der Waals surface area contributed by atoms with E-state index in [2.05, 4.69) is 0 Å². The lowest BCUT2D eigenvalue weighted by molar-refractivity contribution is 0.260. The Kier molecular flexibility index (Phi) is 3.46. The van der Waals surface area contributed by atoms with Gasteiger partial charge in [-0.2, -0.15) is 4.31 Å². The third-order valence-electron chi connectivity index (χ3n) is 4.46. The van der Waals surface area contributed by atoms with E-state index in [1.807, 2.05) is 0 Å². The number of nitrogens with zero attached hydrogens (tertiary/aromatic N) is 1. The van der Waals surface area contributed by atoms with Crippen LogP contribution in [0.5, 0.6) is 0 Å². The first-order chi connectivity index (χ1) is 9.48. The fraction of sp³-hybridized carbons (Fsp3) is 0.571. The second-order valence-corrected chi connectivity index (χ2v) is 7.63. The van der Waals surface area contributed by atoms with E-state index < -0.39 is 15.8 Å². The molecule has 0 spiro atoms. The van der Waals surface area contributed by atoms with Crippen LogP contribution in [0.4, 0.5) is 10.1 Å². The number of fused-ring (bicyclic) bond motifs is 1. The van der Waals surface area contributed by atoms with Gasteiger partial charge >= 0.3 is 0 Å². The van der Waals surface area contributed by atoms with Crippen molar-refractivity contribution in [3.8, 4) is 0 Å². The molecule has 2 aliphatic rings. The van der Waals surface area contributed by atoms with Crippen LogP contribution in [-0.2, 0) is 10.0 Å². The van der Waals surface area contributed by atoms with Gasteiger partial charge in [0.2, 0.25) is 10.0 Å². The monoisotopic (exact) mass is 298 g/mol. The highest BCUT2D eigenvalue weighted by Gasteiger charge is 2.42. The molecule has 4 nitrogen and oxygen atoms in total. The van der Waals surface area contributed by atoms with Crippen molar-refractivity contribution in [2.24, 2.45) is 5.92 Å². The van der Waals surface area contributed by atoms with E-state index in [0.29, 0.717) is 12.5 Å². The fourth-order valence-corrected chi connectivity index (χ4v) is 5.33. The van der Waals surface area contributed by atoms with Gasteiger partial charge in [0.25, 0.3) is 0 Å². The second kappa shape index (κ2) is 5.00. The number of benzene rings is 1. The van der Waals surface area contributed by atoms with Crippen LogP contribution in [-0.4, -0.2) is 25.3 Å². The van der Waals surface area contributed by atoms with Gasteiger partial charge in [-0.25, -0.2) is 12.8 Å². The Labute approximate surface area is 118 Å². The van der Waals surface area contributed by atoms with Gasteiger partial charge < -0.3 is 5.73 Å². The van der Waals surface area contributed by atoms with Crippen molar-refractivity contribution >= 4 is 15.7 Å². The molecule has 1 aromatic carbocycles. The van der Waals surface area contributed by atoms with Gasteiger partial charge in [0.05, 0.1) is 4.90 Å². The van der Waals surface area contributed by atoms with Crippen LogP contribution in [0.15, 0.2) is 23.1 Å². The molecule has 2 unspecified atom stereocenters. The predicted octanol–water partition coefficient (Wildman–Crippen LogP) is 2.36. The summed E-state index contributed by atoms with van der Waals surface area (Å²) in [5.74, 6) is -0.146. The maximum atomic E-state index is 13.4. The number of nitrogens with two attached hydrogens (primary N) is 1. The quantitative estimate of drug-likeness (QED) is 0.853. The van der Waals surface area contributed by atoms with Gasteiger partial charge in [0.15, 0.2) is 0 Å². The molecule has 1 saturated heterocycles. The number of nitrogen functional groups attached to an aromatic ring is 1. The molecule has 2 atom stereocenters. The number of hydrogen-bond acceptors (Lipinski definition) is 3. The minimum atomic E-state index is -3.64. The standard InChI is InChI=1S/C14H19FN2O2S/c15-11-7-12(16)9-13(8-11)20(18,19)17-6-5-10-3-1-2-4-14(10)17/h7-10,14H,1-6,16H2. The third-order valence-corrected chi connectivity index (χ3v) is 6.36. The van der Waals surface area contributed by atoms with E-state index in [1.165, 1.54) is 12.5 Å². The summed E-state index contributed by atoms with van der Waals surface area (Å²) in [4.78, 5) is -0.0266. The van der Waals surface area contributed by atoms with E-state index in [1.54, 1.807) is 4.31 Å². The first-order valence-corrected chi connectivity index (χ1v) is 8.50. The zero-order chi connectivity index (χ0) is 14.3. The topological polar surface area (TPSA) is 63.4 Å². The molecule has 20 heavy (non-hydrogen) atoms. The van der Waals surface area contributed by atoms with Crippen molar-refractivity contribution in [1.29, 1.82) is 0 Å². The normalized spacial score (nSPS) is 27.4. The van der Waals surface area contributed by atoms with Crippen LogP contribution in [0.3, 0.4) is 0 Å². The summed E-state index contributed by atoms with van der Waals surface area (Å²) in [7, 11) is -3.64. The molecule has 1 aromatic rings. The molecule has 6 heteroatoms. The van der Waals surface area contributed by atoms with Crippen LogP contribution in [0, 0.1) is 11.7 Å². The van der Waals surface area contributed by atoms with Gasteiger partial charge in [0, 0.05) is 18.3 Å². The highest BCUT2D eigenvalue weighted by molar-refractivity contribution is 7.89.